The molecule has 0 bridgehead atoms. The highest BCUT2D eigenvalue weighted by molar-refractivity contribution is 5.43. The van der Waals surface area contributed by atoms with Gasteiger partial charge in [-0.15, -0.1) is 0 Å². The third-order valence-corrected chi connectivity index (χ3v) is 6.35. The minimum atomic E-state index is 0.562. The Balaban J connectivity index is 1.84. The summed E-state index contributed by atoms with van der Waals surface area (Å²) >= 11 is 0. The lowest BCUT2D eigenvalue weighted by Crippen LogP contribution is -2.48. The molecule has 2 heteroatoms. The molecule has 1 saturated heterocycles. The molecule has 2 aliphatic carbocycles. The number of nitrogens with zero attached hydrogens (tertiary/aromatic N) is 1. The molecule has 0 radical (unpaired) electrons. The Labute approximate surface area is 122 Å². The SMILES string of the molecule is COc1ccc2c(c1)[C@@H]1CCCC[C@]13CCN(C)[C@@H]3C2. The van der Waals surface area contributed by atoms with Crippen LogP contribution in [0.2, 0.25) is 0 Å². The first-order valence-corrected chi connectivity index (χ1v) is 8.12. The standard InChI is InChI=1S/C18H25NO/c1-19-10-9-18-8-4-3-5-16(18)15-12-14(20-2)7-6-13(15)11-17(18)19/h6-7,12,16-17H,3-5,8-11H2,1-2H3/t16-,17+,18-/m0/s1. The number of hydrogen-bond donors (Lipinski definition) is 0. The van der Waals surface area contributed by atoms with Gasteiger partial charge < -0.3 is 9.64 Å². The highest BCUT2D eigenvalue weighted by Crippen LogP contribution is 2.59. The van der Waals surface area contributed by atoms with Crippen molar-refractivity contribution < 1.29 is 4.74 Å². The summed E-state index contributed by atoms with van der Waals surface area (Å²) in [6.45, 7) is 1.28. The lowest BCUT2D eigenvalue weighted by atomic mass is 9.55. The van der Waals surface area contributed by atoms with E-state index in [0.717, 1.165) is 17.7 Å². The fourth-order valence-electron chi connectivity index (χ4n) is 5.35. The summed E-state index contributed by atoms with van der Waals surface area (Å²) in [5.41, 5.74) is 3.74. The molecule has 0 amide bonds. The fraction of sp³-hybridized carbons (Fsp3) is 0.667. The van der Waals surface area contributed by atoms with Gasteiger partial charge in [-0.25, -0.2) is 0 Å². The van der Waals surface area contributed by atoms with Crippen molar-refractivity contribution in [3.05, 3.63) is 29.3 Å². The summed E-state index contributed by atoms with van der Waals surface area (Å²) < 4.78 is 5.48. The van der Waals surface area contributed by atoms with Gasteiger partial charge in [-0.3, -0.25) is 0 Å². The van der Waals surface area contributed by atoms with E-state index in [1.165, 1.54) is 45.1 Å². The molecule has 0 aromatic heterocycles. The van der Waals surface area contributed by atoms with Gasteiger partial charge in [-0.05, 0) is 73.9 Å². The third-order valence-electron chi connectivity index (χ3n) is 6.35. The van der Waals surface area contributed by atoms with Crippen molar-refractivity contribution in [2.24, 2.45) is 5.41 Å². The van der Waals surface area contributed by atoms with Gasteiger partial charge >= 0.3 is 0 Å². The van der Waals surface area contributed by atoms with Crippen molar-refractivity contribution in [2.75, 3.05) is 20.7 Å². The summed E-state index contributed by atoms with van der Waals surface area (Å²) in [5.74, 6) is 1.80. The predicted molar refractivity (Wildman–Crippen MR) is 81.4 cm³/mol. The first kappa shape index (κ1) is 12.7. The minimum absolute atomic E-state index is 0.562. The first-order valence-electron chi connectivity index (χ1n) is 8.12. The lowest BCUT2D eigenvalue weighted by molar-refractivity contribution is 0.0807. The van der Waals surface area contributed by atoms with Crippen LogP contribution in [-0.2, 0) is 6.42 Å². The maximum Gasteiger partial charge on any atom is 0.119 e. The molecule has 1 heterocycles. The molecule has 1 aliphatic heterocycles. The summed E-state index contributed by atoms with van der Waals surface area (Å²) in [5, 5.41) is 0. The van der Waals surface area contributed by atoms with Gasteiger partial charge in [0.1, 0.15) is 5.75 Å². The van der Waals surface area contributed by atoms with Crippen LogP contribution in [0.1, 0.15) is 49.1 Å². The third kappa shape index (κ3) is 1.60. The van der Waals surface area contributed by atoms with Crippen LogP contribution in [0.25, 0.3) is 0 Å². The van der Waals surface area contributed by atoms with E-state index in [1.54, 1.807) is 18.2 Å². The van der Waals surface area contributed by atoms with Crippen LogP contribution in [0.5, 0.6) is 5.75 Å². The second-order valence-corrected chi connectivity index (χ2v) is 7.05. The normalized spacial score (nSPS) is 36.1. The monoisotopic (exact) mass is 271 g/mol. The Hall–Kier alpha value is -1.02. The Kier molecular flexibility index (Phi) is 2.85. The van der Waals surface area contributed by atoms with Crippen molar-refractivity contribution >= 4 is 0 Å². The second-order valence-electron chi connectivity index (χ2n) is 7.05. The van der Waals surface area contributed by atoms with Crippen LogP contribution in [0.3, 0.4) is 0 Å². The van der Waals surface area contributed by atoms with E-state index in [9.17, 15) is 0 Å². The van der Waals surface area contributed by atoms with E-state index in [4.69, 9.17) is 4.74 Å². The number of ether oxygens (including phenoxy) is 1. The quantitative estimate of drug-likeness (QED) is 0.774. The zero-order valence-electron chi connectivity index (χ0n) is 12.7. The molecule has 0 unspecified atom stereocenters. The summed E-state index contributed by atoms with van der Waals surface area (Å²) in [6.07, 6.45) is 8.29. The molecular weight excluding hydrogens is 246 g/mol. The largest absolute Gasteiger partial charge is 0.497 e. The van der Waals surface area contributed by atoms with Crippen molar-refractivity contribution in [1.29, 1.82) is 0 Å². The predicted octanol–water partition coefficient (Wildman–Crippen LogP) is 3.60. The first-order chi connectivity index (χ1) is 9.74. The van der Waals surface area contributed by atoms with E-state index in [1.807, 2.05) is 0 Å². The molecule has 0 N–H and O–H groups in total. The van der Waals surface area contributed by atoms with E-state index in [0.29, 0.717) is 5.41 Å². The molecule has 1 saturated carbocycles. The average molecular weight is 271 g/mol. The Morgan fingerprint density at radius 2 is 2.15 bits per heavy atom. The minimum Gasteiger partial charge on any atom is -0.497 e. The van der Waals surface area contributed by atoms with Crippen molar-refractivity contribution in [2.45, 2.75) is 50.5 Å². The number of fused-ring (bicyclic) bond motifs is 2. The smallest absolute Gasteiger partial charge is 0.119 e. The number of methoxy groups -OCH3 is 1. The zero-order chi connectivity index (χ0) is 13.7. The lowest BCUT2D eigenvalue weighted by Gasteiger charge is -2.51. The number of rotatable bonds is 1. The van der Waals surface area contributed by atoms with Gasteiger partial charge in [-0.2, -0.15) is 0 Å². The zero-order valence-corrected chi connectivity index (χ0v) is 12.7. The van der Waals surface area contributed by atoms with Gasteiger partial charge in [-0.1, -0.05) is 18.9 Å². The summed E-state index contributed by atoms with van der Waals surface area (Å²) in [7, 11) is 4.12. The van der Waals surface area contributed by atoms with Crippen molar-refractivity contribution in [1.82, 2.24) is 4.90 Å². The van der Waals surface area contributed by atoms with Crippen LogP contribution < -0.4 is 4.74 Å². The molecular formula is C18H25NO. The van der Waals surface area contributed by atoms with Gasteiger partial charge in [0.05, 0.1) is 7.11 Å². The molecule has 1 spiro atoms. The molecule has 2 fully saturated rings. The number of benzene rings is 1. The van der Waals surface area contributed by atoms with Gasteiger partial charge in [0, 0.05) is 6.04 Å². The Morgan fingerprint density at radius 3 is 3.00 bits per heavy atom. The van der Waals surface area contributed by atoms with Crippen LogP contribution in [0.4, 0.5) is 0 Å². The molecule has 1 aromatic carbocycles. The molecule has 2 nitrogen and oxygen atoms in total. The van der Waals surface area contributed by atoms with Crippen LogP contribution >= 0.6 is 0 Å². The number of likely N-dealkylation sites (N-methyl/N-ethyl adjacent to an activating group) is 1. The molecule has 4 rings (SSSR count). The van der Waals surface area contributed by atoms with E-state index >= 15 is 0 Å². The molecule has 1 aromatic rings. The van der Waals surface area contributed by atoms with Crippen molar-refractivity contribution in [3.8, 4) is 5.75 Å². The summed E-state index contributed by atoms with van der Waals surface area (Å²) in [6, 6.07) is 7.57. The van der Waals surface area contributed by atoms with Crippen LogP contribution in [-0.4, -0.2) is 31.6 Å². The maximum absolute atomic E-state index is 5.48. The van der Waals surface area contributed by atoms with Gasteiger partial charge in [0.25, 0.3) is 0 Å². The highest BCUT2D eigenvalue weighted by atomic mass is 16.5. The highest BCUT2D eigenvalue weighted by Gasteiger charge is 2.54. The van der Waals surface area contributed by atoms with Crippen LogP contribution in [0, 0.1) is 5.41 Å². The van der Waals surface area contributed by atoms with Crippen LogP contribution in [0.15, 0.2) is 18.2 Å². The maximum atomic E-state index is 5.48. The van der Waals surface area contributed by atoms with E-state index in [2.05, 4.69) is 30.1 Å². The molecule has 3 atom stereocenters. The van der Waals surface area contributed by atoms with Gasteiger partial charge in [0.15, 0.2) is 0 Å². The molecule has 108 valence electrons. The number of hydrogen-bond acceptors (Lipinski definition) is 2. The Bertz CT molecular complexity index is 522. The molecule has 20 heavy (non-hydrogen) atoms. The number of likely N-dealkylation sites (tertiary alicyclic amines) is 1. The average Bonchev–Trinajstić information content (AvgIpc) is 2.81. The van der Waals surface area contributed by atoms with E-state index < -0.39 is 0 Å². The van der Waals surface area contributed by atoms with E-state index in [-0.39, 0.29) is 0 Å². The van der Waals surface area contributed by atoms with Crippen molar-refractivity contribution in [3.63, 3.8) is 0 Å². The molecule has 3 aliphatic rings. The second kappa shape index (κ2) is 4.49. The fourth-order valence-corrected chi connectivity index (χ4v) is 5.35. The summed E-state index contributed by atoms with van der Waals surface area (Å²) in [4.78, 5) is 2.63. The Morgan fingerprint density at radius 1 is 1.25 bits per heavy atom. The topological polar surface area (TPSA) is 12.5 Å². The van der Waals surface area contributed by atoms with Gasteiger partial charge in [0.2, 0.25) is 0 Å².